The third-order valence-corrected chi connectivity index (χ3v) is 3.82. The van der Waals surface area contributed by atoms with Crippen LogP contribution in [0.5, 0.6) is 11.8 Å². The standard InChI is InChI=1S/C19H13F2N5O3/c20-12-6-7-15(14(21)8-12)29-18-22-9-13-16(23-18)25-26-17(13)24-19(27)28-10-11-4-2-1-3-5-11/h1-9H,10H2,(H2,22,23,24,25,26,27). The molecule has 0 aliphatic rings. The molecule has 2 aromatic heterocycles. The number of carbonyl (C=O) groups is 1. The monoisotopic (exact) mass is 397 g/mol. The van der Waals surface area contributed by atoms with E-state index in [-0.39, 0.29) is 29.8 Å². The number of benzene rings is 2. The minimum atomic E-state index is -0.887. The molecule has 0 spiro atoms. The molecule has 0 unspecified atom stereocenters. The van der Waals surface area contributed by atoms with E-state index in [2.05, 4.69) is 25.5 Å². The highest BCUT2D eigenvalue weighted by atomic mass is 19.1. The Labute approximate surface area is 162 Å². The van der Waals surface area contributed by atoms with E-state index in [0.29, 0.717) is 11.5 Å². The van der Waals surface area contributed by atoms with Crippen LogP contribution in [0.3, 0.4) is 0 Å². The van der Waals surface area contributed by atoms with Gasteiger partial charge < -0.3 is 9.47 Å². The lowest BCUT2D eigenvalue weighted by Gasteiger charge is -2.06. The van der Waals surface area contributed by atoms with Gasteiger partial charge in [-0.25, -0.2) is 18.6 Å². The molecule has 4 aromatic rings. The van der Waals surface area contributed by atoms with Crippen molar-refractivity contribution in [1.82, 2.24) is 20.2 Å². The van der Waals surface area contributed by atoms with Crippen LogP contribution in [-0.4, -0.2) is 26.3 Å². The highest BCUT2D eigenvalue weighted by Crippen LogP contribution is 2.25. The van der Waals surface area contributed by atoms with E-state index in [1.807, 2.05) is 30.3 Å². The van der Waals surface area contributed by atoms with Crippen LogP contribution < -0.4 is 10.1 Å². The van der Waals surface area contributed by atoms with Crippen molar-refractivity contribution in [2.75, 3.05) is 5.32 Å². The maximum Gasteiger partial charge on any atom is 0.413 e. The molecule has 10 heteroatoms. The fourth-order valence-electron chi connectivity index (χ4n) is 2.45. The summed E-state index contributed by atoms with van der Waals surface area (Å²) in [5.41, 5.74) is 1.09. The molecule has 0 fully saturated rings. The average molecular weight is 397 g/mol. The van der Waals surface area contributed by atoms with E-state index >= 15 is 0 Å². The van der Waals surface area contributed by atoms with E-state index in [4.69, 9.17) is 9.47 Å². The zero-order valence-electron chi connectivity index (χ0n) is 14.7. The fourth-order valence-corrected chi connectivity index (χ4v) is 2.45. The Bertz CT molecular complexity index is 1170. The molecule has 4 rings (SSSR count). The number of carbonyl (C=O) groups excluding carboxylic acids is 1. The van der Waals surface area contributed by atoms with Crippen LogP contribution in [0.4, 0.5) is 19.4 Å². The van der Waals surface area contributed by atoms with Gasteiger partial charge in [0.25, 0.3) is 0 Å². The van der Waals surface area contributed by atoms with Crippen molar-refractivity contribution in [3.05, 3.63) is 71.9 Å². The molecule has 8 nitrogen and oxygen atoms in total. The molecule has 0 atom stereocenters. The molecule has 0 aliphatic carbocycles. The van der Waals surface area contributed by atoms with Gasteiger partial charge in [-0.1, -0.05) is 30.3 Å². The summed E-state index contributed by atoms with van der Waals surface area (Å²) in [5, 5.41) is 9.45. The van der Waals surface area contributed by atoms with Crippen LogP contribution in [0, 0.1) is 11.6 Å². The molecule has 0 saturated heterocycles. The van der Waals surface area contributed by atoms with Crippen molar-refractivity contribution < 1.29 is 23.0 Å². The minimum Gasteiger partial charge on any atom is -0.444 e. The summed E-state index contributed by atoms with van der Waals surface area (Å²) in [6.45, 7) is 0.104. The lowest BCUT2D eigenvalue weighted by Crippen LogP contribution is -2.14. The van der Waals surface area contributed by atoms with Gasteiger partial charge in [0.1, 0.15) is 12.4 Å². The first-order valence-electron chi connectivity index (χ1n) is 8.40. The number of ether oxygens (including phenoxy) is 2. The van der Waals surface area contributed by atoms with Crippen LogP contribution >= 0.6 is 0 Å². The van der Waals surface area contributed by atoms with Gasteiger partial charge in [-0.2, -0.15) is 10.1 Å². The lowest BCUT2D eigenvalue weighted by atomic mass is 10.2. The van der Waals surface area contributed by atoms with E-state index < -0.39 is 17.7 Å². The van der Waals surface area contributed by atoms with Crippen molar-refractivity contribution in [3.63, 3.8) is 0 Å². The number of aromatic nitrogens is 4. The zero-order chi connectivity index (χ0) is 20.2. The average Bonchev–Trinajstić information content (AvgIpc) is 3.11. The number of nitrogens with zero attached hydrogens (tertiary/aromatic N) is 3. The predicted molar refractivity (Wildman–Crippen MR) is 98.4 cm³/mol. The maximum absolute atomic E-state index is 13.7. The van der Waals surface area contributed by atoms with Gasteiger partial charge in [-0.3, -0.25) is 10.4 Å². The Morgan fingerprint density at radius 3 is 2.76 bits per heavy atom. The van der Waals surface area contributed by atoms with Crippen molar-refractivity contribution in [3.8, 4) is 11.8 Å². The molecule has 2 aromatic carbocycles. The number of hydrogen-bond acceptors (Lipinski definition) is 6. The molecule has 2 heterocycles. The lowest BCUT2D eigenvalue weighted by molar-refractivity contribution is 0.155. The van der Waals surface area contributed by atoms with Crippen LogP contribution in [0.2, 0.25) is 0 Å². The number of halogens is 2. The number of rotatable bonds is 5. The van der Waals surface area contributed by atoms with Gasteiger partial charge >= 0.3 is 12.1 Å². The largest absolute Gasteiger partial charge is 0.444 e. The molecule has 146 valence electrons. The number of fused-ring (bicyclic) bond motifs is 1. The second-order valence-corrected chi connectivity index (χ2v) is 5.85. The van der Waals surface area contributed by atoms with E-state index in [1.54, 1.807) is 0 Å². The van der Waals surface area contributed by atoms with Crippen LogP contribution in [0.15, 0.2) is 54.7 Å². The number of nitrogens with one attached hydrogen (secondary N) is 2. The Morgan fingerprint density at radius 2 is 1.97 bits per heavy atom. The van der Waals surface area contributed by atoms with Gasteiger partial charge in [0.2, 0.25) is 0 Å². The first-order chi connectivity index (χ1) is 14.1. The van der Waals surface area contributed by atoms with E-state index in [9.17, 15) is 13.6 Å². The van der Waals surface area contributed by atoms with Gasteiger partial charge in [0.05, 0.1) is 5.39 Å². The summed E-state index contributed by atoms with van der Waals surface area (Å²) in [4.78, 5) is 20.0. The molecular formula is C19H13F2N5O3. The second kappa shape index (κ2) is 7.89. The number of hydrogen-bond donors (Lipinski definition) is 2. The molecule has 0 bridgehead atoms. The smallest absolute Gasteiger partial charge is 0.413 e. The van der Waals surface area contributed by atoms with Crippen LogP contribution in [-0.2, 0) is 11.3 Å². The Morgan fingerprint density at radius 1 is 1.14 bits per heavy atom. The number of aromatic amines is 1. The Balaban J connectivity index is 1.44. The molecule has 0 aliphatic heterocycles. The van der Waals surface area contributed by atoms with E-state index in [1.165, 1.54) is 6.20 Å². The topological polar surface area (TPSA) is 102 Å². The van der Waals surface area contributed by atoms with Gasteiger partial charge in [-0.05, 0) is 17.7 Å². The third kappa shape index (κ3) is 4.26. The number of amides is 1. The molecule has 2 N–H and O–H groups in total. The quantitative estimate of drug-likeness (QED) is 0.524. The van der Waals surface area contributed by atoms with Crippen molar-refractivity contribution in [2.45, 2.75) is 6.61 Å². The van der Waals surface area contributed by atoms with Crippen molar-refractivity contribution >= 4 is 22.9 Å². The van der Waals surface area contributed by atoms with Crippen LogP contribution in [0.25, 0.3) is 11.0 Å². The maximum atomic E-state index is 13.7. The van der Waals surface area contributed by atoms with E-state index in [0.717, 1.165) is 17.7 Å². The first kappa shape index (κ1) is 18.3. The minimum absolute atomic E-state index is 0.104. The molecule has 0 radical (unpaired) electrons. The summed E-state index contributed by atoms with van der Waals surface area (Å²) in [7, 11) is 0. The molecule has 29 heavy (non-hydrogen) atoms. The zero-order valence-corrected chi connectivity index (χ0v) is 14.7. The highest BCUT2D eigenvalue weighted by Gasteiger charge is 2.14. The summed E-state index contributed by atoms with van der Waals surface area (Å²) in [5.74, 6) is -1.68. The molecular weight excluding hydrogens is 384 g/mol. The SMILES string of the molecule is O=C(Nc1n[nH]c2nc(Oc3ccc(F)cc3F)ncc12)OCc1ccccc1. The van der Waals surface area contributed by atoms with Gasteiger partial charge in [0, 0.05) is 12.3 Å². The predicted octanol–water partition coefficient (Wildman–Crippen LogP) is 4.17. The van der Waals surface area contributed by atoms with Crippen LogP contribution in [0.1, 0.15) is 5.56 Å². The Kier molecular flexibility index (Phi) is 4.97. The third-order valence-electron chi connectivity index (χ3n) is 3.82. The summed E-state index contributed by atoms with van der Waals surface area (Å²) in [6.07, 6.45) is 0.644. The summed E-state index contributed by atoms with van der Waals surface area (Å²) < 4.78 is 37.0. The second-order valence-electron chi connectivity index (χ2n) is 5.85. The van der Waals surface area contributed by atoms with Gasteiger partial charge in [0.15, 0.2) is 23.0 Å². The normalized spacial score (nSPS) is 10.7. The first-order valence-corrected chi connectivity index (χ1v) is 8.40. The summed E-state index contributed by atoms with van der Waals surface area (Å²) in [6, 6.07) is 11.9. The van der Waals surface area contributed by atoms with Crippen molar-refractivity contribution in [2.24, 2.45) is 0 Å². The van der Waals surface area contributed by atoms with Crippen molar-refractivity contribution in [1.29, 1.82) is 0 Å². The number of anilines is 1. The number of H-pyrrole nitrogens is 1. The molecule has 1 amide bonds. The van der Waals surface area contributed by atoms with Gasteiger partial charge in [-0.15, -0.1) is 0 Å². The highest BCUT2D eigenvalue weighted by molar-refractivity contribution is 5.95. The Hall–Kier alpha value is -4.08. The fraction of sp³-hybridized carbons (Fsp3) is 0.0526. The summed E-state index contributed by atoms with van der Waals surface area (Å²) >= 11 is 0. The molecule has 0 saturated carbocycles.